The zero-order valence-corrected chi connectivity index (χ0v) is 19.8. The van der Waals surface area contributed by atoms with Gasteiger partial charge in [-0.15, -0.1) is 0 Å². The van der Waals surface area contributed by atoms with Gasteiger partial charge >= 0.3 is 0 Å². The Bertz CT molecular complexity index is 1300. The van der Waals surface area contributed by atoms with Crippen molar-refractivity contribution in [3.8, 4) is 11.5 Å². The maximum absolute atomic E-state index is 13.9. The average molecular weight is 486 g/mol. The third kappa shape index (κ3) is 3.09. The van der Waals surface area contributed by atoms with Crippen molar-refractivity contribution in [2.45, 2.75) is 50.2 Å². The van der Waals surface area contributed by atoms with E-state index in [9.17, 15) is 14.4 Å². The SMILES string of the molecule is O=C(Nc1ccc2c(c1)OCO2)[C@@H]1[C@@H]2C(=O)N(C3CCCCC3)C(=O)[C@@H]2[C@H]2c3ccccc3C=CN12. The van der Waals surface area contributed by atoms with Crippen LogP contribution < -0.4 is 14.8 Å². The quantitative estimate of drug-likeness (QED) is 0.667. The zero-order valence-electron chi connectivity index (χ0n) is 19.8. The van der Waals surface area contributed by atoms with Crippen LogP contribution in [0.5, 0.6) is 11.5 Å². The highest BCUT2D eigenvalue weighted by molar-refractivity contribution is 6.11. The summed E-state index contributed by atoms with van der Waals surface area (Å²) >= 11 is 0. The summed E-state index contributed by atoms with van der Waals surface area (Å²) < 4.78 is 10.8. The van der Waals surface area contributed by atoms with Gasteiger partial charge in [0.05, 0.1) is 17.9 Å². The molecule has 184 valence electrons. The molecule has 3 fully saturated rings. The average Bonchev–Trinajstić information content (AvgIpc) is 3.57. The van der Waals surface area contributed by atoms with Gasteiger partial charge in [-0.2, -0.15) is 0 Å². The lowest BCUT2D eigenvalue weighted by Crippen LogP contribution is -2.49. The number of hydrogen-bond donors (Lipinski definition) is 1. The van der Waals surface area contributed by atoms with Crippen molar-refractivity contribution in [3.05, 3.63) is 59.8 Å². The molecular weight excluding hydrogens is 458 g/mol. The Kier molecular flexibility index (Phi) is 4.84. The largest absolute Gasteiger partial charge is 0.454 e. The van der Waals surface area contributed by atoms with Crippen LogP contribution in [0.15, 0.2) is 48.7 Å². The van der Waals surface area contributed by atoms with Crippen molar-refractivity contribution < 1.29 is 23.9 Å². The molecule has 2 aromatic carbocycles. The van der Waals surface area contributed by atoms with E-state index in [0.717, 1.165) is 43.2 Å². The number of carbonyl (C=O) groups excluding carboxylic acids is 3. The Morgan fingerprint density at radius 1 is 0.917 bits per heavy atom. The monoisotopic (exact) mass is 485 g/mol. The van der Waals surface area contributed by atoms with E-state index in [1.165, 1.54) is 4.90 Å². The third-order valence-corrected chi connectivity index (χ3v) is 8.34. The van der Waals surface area contributed by atoms with Gasteiger partial charge < -0.3 is 19.7 Å². The number of anilines is 1. The molecule has 0 spiro atoms. The van der Waals surface area contributed by atoms with Gasteiger partial charge in [0.2, 0.25) is 24.5 Å². The van der Waals surface area contributed by atoms with Crippen LogP contribution in [0.2, 0.25) is 0 Å². The van der Waals surface area contributed by atoms with E-state index >= 15 is 0 Å². The van der Waals surface area contributed by atoms with Crippen LogP contribution in [-0.2, 0) is 14.4 Å². The Morgan fingerprint density at radius 2 is 1.69 bits per heavy atom. The van der Waals surface area contributed by atoms with Gasteiger partial charge in [0, 0.05) is 24.0 Å². The van der Waals surface area contributed by atoms with Crippen molar-refractivity contribution in [2.24, 2.45) is 11.8 Å². The molecule has 8 nitrogen and oxygen atoms in total. The highest BCUT2D eigenvalue weighted by Crippen LogP contribution is 2.53. The normalized spacial score (nSPS) is 28.2. The van der Waals surface area contributed by atoms with Crippen molar-refractivity contribution in [2.75, 3.05) is 12.1 Å². The molecule has 0 unspecified atom stereocenters. The minimum absolute atomic E-state index is 0.0650. The van der Waals surface area contributed by atoms with Crippen LogP contribution in [0.4, 0.5) is 5.69 Å². The van der Waals surface area contributed by atoms with Gasteiger partial charge in [-0.3, -0.25) is 19.3 Å². The number of ether oxygens (including phenoxy) is 2. The molecule has 4 atom stereocenters. The number of likely N-dealkylation sites (tertiary alicyclic amines) is 1. The summed E-state index contributed by atoms with van der Waals surface area (Å²) in [6.07, 6.45) is 8.70. The molecule has 1 saturated carbocycles. The van der Waals surface area contributed by atoms with E-state index in [1.54, 1.807) is 18.2 Å². The summed E-state index contributed by atoms with van der Waals surface area (Å²) in [5.74, 6) is -0.755. The highest BCUT2D eigenvalue weighted by Gasteiger charge is 2.65. The van der Waals surface area contributed by atoms with E-state index in [4.69, 9.17) is 9.47 Å². The summed E-state index contributed by atoms with van der Waals surface area (Å²) in [5, 5.41) is 2.98. The molecule has 2 saturated heterocycles. The van der Waals surface area contributed by atoms with E-state index in [2.05, 4.69) is 5.32 Å². The molecular formula is C28H27N3O5. The molecule has 4 heterocycles. The molecule has 8 heteroatoms. The van der Waals surface area contributed by atoms with Gasteiger partial charge in [-0.1, -0.05) is 43.5 Å². The first-order valence-electron chi connectivity index (χ1n) is 12.7. The summed E-state index contributed by atoms with van der Waals surface area (Å²) in [6.45, 7) is 0.145. The Balaban J connectivity index is 1.27. The minimum atomic E-state index is -0.792. The lowest BCUT2D eigenvalue weighted by Gasteiger charge is -2.37. The topological polar surface area (TPSA) is 88.2 Å². The van der Waals surface area contributed by atoms with Gasteiger partial charge in [0.15, 0.2) is 11.5 Å². The second-order valence-electron chi connectivity index (χ2n) is 10.2. The summed E-state index contributed by atoms with van der Waals surface area (Å²) in [5.41, 5.74) is 2.57. The van der Waals surface area contributed by atoms with Crippen molar-refractivity contribution in [1.82, 2.24) is 9.80 Å². The Morgan fingerprint density at radius 3 is 2.56 bits per heavy atom. The van der Waals surface area contributed by atoms with Gasteiger partial charge in [0.1, 0.15) is 6.04 Å². The minimum Gasteiger partial charge on any atom is -0.454 e. The molecule has 2 aromatic rings. The zero-order chi connectivity index (χ0) is 24.4. The maximum atomic E-state index is 13.9. The second-order valence-corrected chi connectivity index (χ2v) is 10.2. The van der Waals surface area contributed by atoms with Gasteiger partial charge in [-0.05, 0) is 42.2 Å². The highest BCUT2D eigenvalue weighted by atomic mass is 16.7. The fraction of sp³-hybridized carbons (Fsp3) is 0.393. The first-order chi connectivity index (χ1) is 17.6. The number of nitrogens with zero attached hydrogens (tertiary/aromatic N) is 2. The molecule has 5 aliphatic rings. The van der Waals surface area contributed by atoms with Crippen LogP contribution >= 0.6 is 0 Å². The van der Waals surface area contributed by atoms with Crippen LogP contribution in [0, 0.1) is 11.8 Å². The lowest BCUT2D eigenvalue weighted by molar-refractivity contribution is -0.146. The van der Waals surface area contributed by atoms with E-state index in [1.807, 2.05) is 41.4 Å². The molecule has 0 bridgehead atoms. The molecule has 3 amide bonds. The molecule has 36 heavy (non-hydrogen) atoms. The number of amides is 3. The summed E-state index contributed by atoms with van der Waals surface area (Å²) in [6, 6.07) is 12.0. The predicted molar refractivity (Wildman–Crippen MR) is 131 cm³/mol. The molecule has 1 aliphatic carbocycles. The van der Waals surface area contributed by atoms with Gasteiger partial charge in [0.25, 0.3) is 0 Å². The lowest BCUT2D eigenvalue weighted by atomic mass is 9.84. The van der Waals surface area contributed by atoms with Crippen LogP contribution in [0.3, 0.4) is 0 Å². The maximum Gasteiger partial charge on any atom is 0.247 e. The smallest absolute Gasteiger partial charge is 0.247 e. The van der Waals surface area contributed by atoms with Crippen LogP contribution in [-0.4, -0.2) is 46.4 Å². The number of hydrogen-bond acceptors (Lipinski definition) is 6. The van der Waals surface area contributed by atoms with Gasteiger partial charge in [-0.25, -0.2) is 0 Å². The number of benzene rings is 2. The van der Waals surface area contributed by atoms with E-state index in [0.29, 0.717) is 17.2 Å². The number of nitrogens with one attached hydrogen (secondary N) is 1. The van der Waals surface area contributed by atoms with Crippen molar-refractivity contribution >= 4 is 29.5 Å². The first-order valence-corrected chi connectivity index (χ1v) is 12.7. The number of fused-ring (bicyclic) bond motifs is 6. The fourth-order valence-electron chi connectivity index (χ4n) is 6.77. The van der Waals surface area contributed by atoms with Crippen molar-refractivity contribution in [3.63, 3.8) is 0 Å². The van der Waals surface area contributed by atoms with Crippen LogP contribution in [0.25, 0.3) is 6.08 Å². The first kappa shape index (κ1) is 21.5. The van der Waals surface area contributed by atoms with Crippen LogP contribution in [0.1, 0.15) is 49.3 Å². The third-order valence-electron chi connectivity index (χ3n) is 8.34. The van der Waals surface area contributed by atoms with E-state index < -0.39 is 17.9 Å². The summed E-state index contributed by atoms with van der Waals surface area (Å²) in [7, 11) is 0. The Labute approximate surface area is 208 Å². The molecule has 0 radical (unpaired) electrons. The Hall–Kier alpha value is -3.81. The van der Waals surface area contributed by atoms with E-state index in [-0.39, 0.29) is 36.6 Å². The molecule has 4 aliphatic heterocycles. The summed E-state index contributed by atoms with van der Waals surface area (Å²) in [4.78, 5) is 45.1. The number of carbonyl (C=O) groups is 3. The molecule has 7 rings (SSSR count). The van der Waals surface area contributed by atoms with Crippen molar-refractivity contribution in [1.29, 1.82) is 0 Å². The molecule has 1 N–H and O–H groups in total. The second kappa shape index (κ2) is 8.11. The fourth-order valence-corrected chi connectivity index (χ4v) is 6.77. The predicted octanol–water partition coefficient (Wildman–Crippen LogP) is 3.70. The molecule has 0 aromatic heterocycles. The number of rotatable bonds is 3. The standard InChI is InChI=1S/C28H27N3O5/c32-26(29-17-10-11-20-21(14-17)36-15-35-20)25-23-22(24-19-9-5-4-6-16(19)12-13-30(24)25)27(33)31(28(23)34)18-7-2-1-3-8-18/h4-6,9-14,18,22-25H,1-3,7-8,15H2,(H,29,32)/t22-,23+,24+,25-/m0/s1. The number of imide groups is 1.